The van der Waals surface area contributed by atoms with Crippen LogP contribution in [0.15, 0.2) is 126 Å². The van der Waals surface area contributed by atoms with Crippen molar-refractivity contribution in [2.24, 2.45) is 0 Å². The summed E-state index contributed by atoms with van der Waals surface area (Å²) < 4.78 is 38.8. The van der Waals surface area contributed by atoms with E-state index in [2.05, 4.69) is 58.0 Å². The van der Waals surface area contributed by atoms with Gasteiger partial charge in [0.2, 0.25) is 0 Å². The maximum absolute atomic E-state index is 12.0. The second-order valence-corrected chi connectivity index (χ2v) is 26.9. The molecule has 0 atom stereocenters. The zero-order chi connectivity index (χ0) is 73.4. The van der Waals surface area contributed by atoms with E-state index in [0.29, 0.717) is 75.4 Å². The van der Waals surface area contributed by atoms with Crippen LogP contribution in [0.1, 0.15) is 97.9 Å². The van der Waals surface area contributed by atoms with Crippen molar-refractivity contribution < 1.29 is 60.1 Å². The Hall–Kier alpha value is -11.0. The molecule has 10 aromatic rings. The van der Waals surface area contributed by atoms with Crippen molar-refractivity contribution in [3.63, 3.8) is 0 Å². The number of nitrogens with two attached hydrogens (primary N) is 1. The van der Waals surface area contributed by atoms with Gasteiger partial charge in [0.1, 0.15) is 41.5 Å². The third-order valence-corrected chi connectivity index (χ3v) is 19.8. The quantitative estimate of drug-likeness (QED) is 0.0293. The molecular weight excluding hydrogens is 1410 g/mol. The second-order valence-electron chi connectivity index (χ2n) is 26.9. The molecule has 0 amide bonds. The number of benzene rings is 7. The van der Waals surface area contributed by atoms with Crippen LogP contribution >= 0.6 is 0 Å². The number of ether oxygens (including phenoxy) is 7. The standard InChI is InChI=1S/C30H33N5O3.C24H27N5O4.C13H14N2O3.C11H15N3O2.CH4.Fe/c1-36-27-17-23-24(18-28(27)37-2)32-29(21-8-9-21)33-30(23)35-14-12-34(13-15-35)25-11-10-22(31)16-26(25)38-19-20-6-4-3-5-7-20;1-15-12-17(29(30)31)6-7-20(15)27-8-10-28(11-9-27)24-18-13-21(32-2)22(33-3)14-19(18)25-23(26-24)16-4-5-16;1-17-10-5-8-9(6-11(10)18-2)14-12(7-3-4-7)15-13(8)16;1-9-8-10(14(15)16)2-3-11(9)13-6-4-12-5-7-13;;/h3-7,10-11,16-18,21H,8-9,12-15,19,31H2,1-2H3;6-7,12-14,16H,4-5,8-11H2,1-3H3;5-7H,3-4H2,1-2H3,(H,14,15,16);2-3,8,12H,4-7H2,1H3;1H4;. The van der Waals surface area contributed by atoms with Gasteiger partial charge in [-0.1, -0.05) is 37.8 Å². The van der Waals surface area contributed by atoms with E-state index >= 15 is 0 Å². The number of aromatic amines is 1. The van der Waals surface area contributed by atoms with E-state index in [1.807, 2.05) is 80.6 Å². The monoisotopic (exact) mass is 1500 g/mol. The SMILES string of the molecule is C.COc1cc2nc(C3CC3)[nH]c(=O)c2cc1OC.COc1cc2nc(C3CC3)nc(N3CCN(c4ccc(N)cc4OCc4ccccc4)CC3)c2cc1OC.COc1cc2nc(C3CC3)nc(N3CCN(c4ccc([N+](=O)[O-])cc4C)CC3)c2cc1OC.Cc1cc([N+](=O)[O-])ccc1N1CCNCC1.[Fe]. The second kappa shape index (κ2) is 34.5. The van der Waals surface area contributed by atoms with E-state index in [1.54, 1.807) is 79.1 Å². The first kappa shape index (κ1) is 77.1. The van der Waals surface area contributed by atoms with Crippen LogP contribution in [0.3, 0.4) is 0 Å². The van der Waals surface area contributed by atoms with E-state index in [-0.39, 0.29) is 51.3 Å². The fraction of sp³-hybridized carbons (Fsp3) is 0.392. The third-order valence-electron chi connectivity index (χ3n) is 19.8. The average Bonchev–Trinajstić information content (AvgIpc) is 1.75. The number of nitrogen functional groups attached to an aromatic ring is 1. The number of rotatable bonds is 19. The molecule has 0 spiro atoms. The number of nitro groups is 2. The zero-order valence-corrected chi connectivity index (χ0v) is 62.0. The van der Waals surface area contributed by atoms with Gasteiger partial charge in [-0.15, -0.1) is 0 Å². The number of aromatic nitrogens is 6. The summed E-state index contributed by atoms with van der Waals surface area (Å²) in [5, 5.41) is 27.4. The van der Waals surface area contributed by atoms with Gasteiger partial charge in [-0.3, -0.25) is 25.0 Å². The predicted molar refractivity (Wildman–Crippen MR) is 415 cm³/mol. The molecule has 27 nitrogen and oxygen atoms in total. The van der Waals surface area contributed by atoms with E-state index in [9.17, 15) is 25.0 Å². The Morgan fingerprint density at radius 3 is 1.27 bits per heavy atom. The van der Waals surface area contributed by atoms with Crippen LogP contribution in [-0.4, -0.2) is 161 Å². The molecule has 3 aliphatic heterocycles. The van der Waals surface area contributed by atoms with Crippen LogP contribution in [0.2, 0.25) is 0 Å². The van der Waals surface area contributed by atoms with Crippen molar-refractivity contribution in [3.05, 3.63) is 186 Å². The van der Waals surface area contributed by atoms with Crippen LogP contribution in [0.4, 0.5) is 45.8 Å². The predicted octanol–water partition coefficient (Wildman–Crippen LogP) is 12.8. The molecule has 3 aromatic heterocycles. The van der Waals surface area contributed by atoms with Crippen molar-refractivity contribution in [3.8, 4) is 40.2 Å². The summed E-state index contributed by atoms with van der Waals surface area (Å²) in [6.45, 7) is 14.7. The summed E-state index contributed by atoms with van der Waals surface area (Å²) in [4.78, 5) is 71.7. The molecule has 107 heavy (non-hydrogen) atoms. The van der Waals surface area contributed by atoms with Gasteiger partial charge in [-0.25, -0.2) is 24.9 Å². The van der Waals surface area contributed by atoms with Crippen LogP contribution in [0.5, 0.6) is 40.2 Å². The van der Waals surface area contributed by atoms with E-state index < -0.39 is 0 Å². The minimum Gasteiger partial charge on any atom is -0.493 e. The maximum atomic E-state index is 12.0. The largest absolute Gasteiger partial charge is 0.493 e. The molecule has 6 aliphatic rings. The Labute approximate surface area is 632 Å². The van der Waals surface area contributed by atoms with Gasteiger partial charge in [0.25, 0.3) is 16.9 Å². The smallest absolute Gasteiger partial charge is 0.269 e. The number of anilines is 6. The van der Waals surface area contributed by atoms with Crippen LogP contribution in [-0.2, 0) is 23.7 Å². The molecule has 0 unspecified atom stereocenters. The molecule has 6 heterocycles. The first-order valence-electron chi connectivity index (χ1n) is 35.6. The number of hydrogen-bond acceptors (Lipinski definition) is 24. The van der Waals surface area contributed by atoms with Gasteiger partial charge >= 0.3 is 0 Å². The van der Waals surface area contributed by atoms with Crippen LogP contribution in [0, 0.1) is 34.1 Å². The number of non-ortho nitro benzene ring substituents is 2. The zero-order valence-electron chi connectivity index (χ0n) is 60.9. The van der Waals surface area contributed by atoms with Gasteiger partial charge in [0.05, 0.1) is 80.1 Å². The molecule has 0 bridgehead atoms. The van der Waals surface area contributed by atoms with Gasteiger partial charge in [0.15, 0.2) is 34.5 Å². The summed E-state index contributed by atoms with van der Waals surface area (Å²) in [6.07, 6.45) is 6.75. The van der Waals surface area contributed by atoms with E-state index in [0.717, 1.165) is 207 Å². The van der Waals surface area contributed by atoms with E-state index in [4.69, 9.17) is 58.8 Å². The molecule has 4 N–H and O–H groups in total. The number of nitrogens with zero attached hydrogens (tertiary/aromatic N) is 12. The number of methoxy groups -OCH3 is 6. The van der Waals surface area contributed by atoms with Gasteiger partial charge in [-0.05, 0) is 112 Å². The van der Waals surface area contributed by atoms with Gasteiger partial charge < -0.3 is 73.7 Å². The molecule has 7 aromatic carbocycles. The molecule has 6 fully saturated rings. The van der Waals surface area contributed by atoms with Gasteiger partial charge in [-0.2, -0.15) is 0 Å². The summed E-state index contributed by atoms with van der Waals surface area (Å²) in [5.74, 6) is 10.4. The topological polar surface area (TPSA) is 302 Å². The van der Waals surface area contributed by atoms with Gasteiger partial charge in [0, 0.05) is 190 Å². The normalized spacial score (nSPS) is 15.4. The molecule has 0 radical (unpaired) electrons. The Bertz CT molecular complexity index is 4870. The summed E-state index contributed by atoms with van der Waals surface area (Å²) >= 11 is 0. The number of nitro benzene ring substituents is 2. The van der Waals surface area contributed by atoms with Crippen molar-refractivity contribution >= 4 is 78.5 Å². The Kier molecular flexibility index (Phi) is 24.9. The first-order chi connectivity index (χ1) is 51.0. The molecule has 564 valence electrons. The number of H-pyrrole nitrogens is 1. The molecule has 28 heteroatoms. The van der Waals surface area contributed by atoms with Crippen molar-refractivity contribution in [1.29, 1.82) is 0 Å². The molecule has 16 rings (SSSR count). The number of piperazine rings is 3. The van der Waals surface area contributed by atoms with Crippen molar-refractivity contribution in [2.45, 2.75) is 84.2 Å². The third kappa shape index (κ3) is 18.0. The van der Waals surface area contributed by atoms with Crippen molar-refractivity contribution in [2.75, 3.05) is 151 Å². The Balaban J connectivity index is 0.000000150. The fourth-order valence-corrected chi connectivity index (χ4v) is 13.6. The number of nitrogens with one attached hydrogen (secondary N) is 2. The average molecular weight is 1500 g/mol. The molecule has 3 aliphatic carbocycles. The molecule has 3 saturated carbocycles. The van der Waals surface area contributed by atoms with Crippen molar-refractivity contribution in [1.82, 2.24) is 35.2 Å². The first-order valence-corrected chi connectivity index (χ1v) is 35.6. The summed E-state index contributed by atoms with van der Waals surface area (Å²) in [6, 6.07) is 37.5. The number of aryl methyl sites for hydroxylation is 2. The number of fused-ring (bicyclic) bond motifs is 3. The minimum atomic E-state index is -0.353. The Morgan fingerprint density at radius 2 is 0.850 bits per heavy atom. The fourth-order valence-electron chi connectivity index (χ4n) is 13.6. The van der Waals surface area contributed by atoms with Crippen LogP contribution < -0.4 is 74.3 Å². The van der Waals surface area contributed by atoms with Crippen LogP contribution in [0.25, 0.3) is 32.7 Å². The van der Waals surface area contributed by atoms with E-state index in [1.165, 1.54) is 0 Å². The minimum absolute atomic E-state index is 0. The molecular formula is C79H93FeN15O12. The summed E-state index contributed by atoms with van der Waals surface area (Å²) in [5.41, 5.74) is 15.6. The Morgan fingerprint density at radius 1 is 0.458 bits per heavy atom. The molecule has 3 saturated heterocycles. The maximum Gasteiger partial charge on any atom is 0.269 e. The number of hydrogen-bond donors (Lipinski definition) is 3. The summed E-state index contributed by atoms with van der Waals surface area (Å²) in [7, 11) is 9.69.